The van der Waals surface area contributed by atoms with Crippen LogP contribution in [0, 0.1) is 5.92 Å². The predicted octanol–water partition coefficient (Wildman–Crippen LogP) is 0.463. The van der Waals surface area contributed by atoms with Gasteiger partial charge in [-0.05, 0) is 32.0 Å². The summed E-state index contributed by atoms with van der Waals surface area (Å²) >= 11 is 0. The third kappa shape index (κ3) is 3.27. The maximum atomic E-state index is 4.42. The van der Waals surface area contributed by atoms with Gasteiger partial charge >= 0.3 is 0 Å². The van der Waals surface area contributed by atoms with E-state index < -0.39 is 0 Å². The van der Waals surface area contributed by atoms with Crippen molar-refractivity contribution in [3.05, 3.63) is 18.5 Å². The number of nitrogens with one attached hydrogen (secondary N) is 2. The molecule has 0 spiro atoms. The molecule has 2 N–H and O–H groups in total. The Morgan fingerprint density at radius 1 is 1.29 bits per heavy atom. The number of hydrogen-bond acceptors (Lipinski definition) is 7. The molecular formula is C13H20N8. The Morgan fingerprint density at radius 3 is 2.81 bits per heavy atom. The average Bonchev–Trinajstić information content (AvgIpc) is 3.16. The van der Waals surface area contributed by atoms with E-state index in [4.69, 9.17) is 0 Å². The molecule has 0 bridgehead atoms. The van der Waals surface area contributed by atoms with E-state index in [1.807, 2.05) is 12.3 Å². The van der Waals surface area contributed by atoms with E-state index in [0.717, 1.165) is 19.6 Å². The van der Waals surface area contributed by atoms with Crippen LogP contribution in [0.1, 0.15) is 6.42 Å². The molecule has 1 atom stereocenters. The van der Waals surface area contributed by atoms with Crippen LogP contribution in [0.25, 0.3) is 5.95 Å². The van der Waals surface area contributed by atoms with E-state index in [1.165, 1.54) is 6.42 Å². The molecular weight excluding hydrogens is 268 g/mol. The number of anilines is 2. The first-order valence-corrected chi connectivity index (χ1v) is 7.11. The van der Waals surface area contributed by atoms with Gasteiger partial charge in [0.15, 0.2) is 0 Å². The molecule has 1 saturated heterocycles. The largest absolute Gasteiger partial charge is 0.357 e. The Hall–Kier alpha value is -2.22. The SMILES string of the molecule is CNc1nc(NCC2CCN(C)C2)nc(-n2cccn2)n1. The van der Waals surface area contributed by atoms with Crippen molar-refractivity contribution >= 4 is 11.9 Å². The zero-order chi connectivity index (χ0) is 14.7. The average molecular weight is 288 g/mol. The lowest BCUT2D eigenvalue weighted by Crippen LogP contribution is -2.20. The van der Waals surface area contributed by atoms with Gasteiger partial charge in [-0.3, -0.25) is 0 Å². The molecule has 1 aliphatic heterocycles. The molecule has 2 aromatic heterocycles. The molecule has 0 amide bonds. The molecule has 21 heavy (non-hydrogen) atoms. The smallest absolute Gasteiger partial charge is 0.257 e. The highest BCUT2D eigenvalue weighted by atomic mass is 15.4. The van der Waals surface area contributed by atoms with Crippen molar-refractivity contribution < 1.29 is 0 Å². The van der Waals surface area contributed by atoms with E-state index in [-0.39, 0.29) is 0 Å². The number of rotatable bonds is 5. The molecule has 0 radical (unpaired) electrons. The molecule has 0 saturated carbocycles. The van der Waals surface area contributed by atoms with Crippen LogP contribution in [0.2, 0.25) is 0 Å². The van der Waals surface area contributed by atoms with E-state index in [9.17, 15) is 0 Å². The second kappa shape index (κ2) is 6.04. The summed E-state index contributed by atoms with van der Waals surface area (Å²) in [5.74, 6) is 2.25. The van der Waals surface area contributed by atoms with E-state index in [1.54, 1.807) is 17.9 Å². The number of aromatic nitrogens is 5. The number of nitrogens with zero attached hydrogens (tertiary/aromatic N) is 6. The van der Waals surface area contributed by atoms with Gasteiger partial charge in [0.05, 0.1) is 0 Å². The summed E-state index contributed by atoms with van der Waals surface area (Å²) in [6, 6.07) is 1.84. The minimum atomic E-state index is 0.505. The molecule has 8 heteroatoms. The fourth-order valence-electron chi connectivity index (χ4n) is 2.47. The van der Waals surface area contributed by atoms with Crippen molar-refractivity contribution in [3.8, 4) is 5.95 Å². The van der Waals surface area contributed by atoms with Crippen molar-refractivity contribution in [1.82, 2.24) is 29.6 Å². The van der Waals surface area contributed by atoms with Gasteiger partial charge in [-0.1, -0.05) is 0 Å². The first-order chi connectivity index (χ1) is 10.2. The van der Waals surface area contributed by atoms with Crippen molar-refractivity contribution in [2.75, 3.05) is 44.4 Å². The van der Waals surface area contributed by atoms with Gasteiger partial charge in [-0.15, -0.1) is 0 Å². The van der Waals surface area contributed by atoms with Crippen molar-refractivity contribution in [2.24, 2.45) is 5.92 Å². The van der Waals surface area contributed by atoms with Crippen LogP contribution in [0.5, 0.6) is 0 Å². The minimum absolute atomic E-state index is 0.505. The van der Waals surface area contributed by atoms with Crippen molar-refractivity contribution in [3.63, 3.8) is 0 Å². The Bertz CT molecular complexity index is 582. The number of hydrogen-bond donors (Lipinski definition) is 2. The zero-order valence-corrected chi connectivity index (χ0v) is 12.3. The first-order valence-electron chi connectivity index (χ1n) is 7.11. The van der Waals surface area contributed by atoms with Crippen molar-refractivity contribution in [2.45, 2.75) is 6.42 Å². The highest BCUT2D eigenvalue weighted by molar-refractivity contribution is 5.37. The van der Waals surface area contributed by atoms with Gasteiger partial charge in [0.2, 0.25) is 11.9 Å². The van der Waals surface area contributed by atoms with Gasteiger partial charge in [0, 0.05) is 32.5 Å². The molecule has 1 aliphatic rings. The van der Waals surface area contributed by atoms with Crippen LogP contribution < -0.4 is 10.6 Å². The van der Waals surface area contributed by atoms with Crippen LogP contribution >= 0.6 is 0 Å². The molecule has 3 rings (SSSR count). The second-order valence-corrected chi connectivity index (χ2v) is 5.28. The Kier molecular flexibility index (Phi) is 3.96. The van der Waals surface area contributed by atoms with Gasteiger partial charge < -0.3 is 15.5 Å². The standard InChI is InChI=1S/C13H20N8/c1-14-11-17-12(15-8-10-4-7-20(2)9-10)19-13(18-11)21-6-3-5-16-21/h3,5-6,10H,4,7-9H2,1-2H3,(H2,14,15,17,18,19). The molecule has 1 unspecified atom stereocenters. The summed E-state index contributed by atoms with van der Waals surface area (Å²) in [7, 11) is 3.94. The number of likely N-dealkylation sites (tertiary alicyclic amines) is 1. The quantitative estimate of drug-likeness (QED) is 0.827. The van der Waals surface area contributed by atoms with Crippen LogP contribution in [0.3, 0.4) is 0 Å². The first kappa shape index (κ1) is 13.7. The molecule has 112 valence electrons. The van der Waals surface area contributed by atoms with Crippen LogP contribution in [-0.2, 0) is 0 Å². The maximum Gasteiger partial charge on any atom is 0.257 e. The highest BCUT2D eigenvalue weighted by Gasteiger charge is 2.19. The topological polar surface area (TPSA) is 83.8 Å². The Labute approximate surface area is 123 Å². The third-order valence-electron chi connectivity index (χ3n) is 3.59. The van der Waals surface area contributed by atoms with Gasteiger partial charge in [0.1, 0.15) is 0 Å². The zero-order valence-electron chi connectivity index (χ0n) is 12.3. The molecule has 1 fully saturated rings. The van der Waals surface area contributed by atoms with Crippen LogP contribution in [0.15, 0.2) is 18.5 Å². The lowest BCUT2D eigenvalue weighted by atomic mass is 10.1. The Morgan fingerprint density at radius 2 is 2.14 bits per heavy atom. The summed E-state index contributed by atoms with van der Waals surface area (Å²) in [6.45, 7) is 3.14. The van der Waals surface area contributed by atoms with E-state index >= 15 is 0 Å². The molecule has 8 nitrogen and oxygen atoms in total. The van der Waals surface area contributed by atoms with E-state index in [0.29, 0.717) is 23.8 Å². The maximum absolute atomic E-state index is 4.42. The van der Waals surface area contributed by atoms with Crippen LogP contribution in [0.4, 0.5) is 11.9 Å². The lowest BCUT2D eigenvalue weighted by Gasteiger charge is -2.12. The molecule has 0 aliphatic carbocycles. The fraction of sp³-hybridized carbons (Fsp3) is 0.538. The summed E-state index contributed by atoms with van der Waals surface area (Å²) in [4.78, 5) is 15.4. The molecule has 2 aromatic rings. The van der Waals surface area contributed by atoms with E-state index in [2.05, 4.69) is 42.6 Å². The summed E-state index contributed by atoms with van der Waals surface area (Å²) in [5.41, 5.74) is 0. The van der Waals surface area contributed by atoms with Gasteiger partial charge in [-0.25, -0.2) is 4.68 Å². The second-order valence-electron chi connectivity index (χ2n) is 5.28. The highest BCUT2D eigenvalue weighted by Crippen LogP contribution is 2.15. The predicted molar refractivity (Wildman–Crippen MR) is 80.6 cm³/mol. The third-order valence-corrected chi connectivity index (χ3v) is 3.59. The van der Waals surface area contributed by atoms with Gasteiger partial charge in [-0.2, -0.15) is 20.1 Å². The summed E-state index contributed by atoms with van der Waals surface area (Å²) in [6.07, 6.45) is 4.72. The monoisotopic (exact) mass is 288 g/mol. The minimum Gasteiger partial charge on any atom is -0.357 e. The Balaban J connectivity index is 1.73. The molecule has 3 heterocycles. The summed E-state index contributed by atoms with van der Waals surface area (Å²) < 4.78 is 1.62. The van der Waals surface area contributed by atoms with Crippen LogP contribution in [-0.4, -0.2) is 63.4 Å². The fourth-order valence-corrected chi connectivity index (χ4v) is 2.47. The molecule has 0 aromatic carbocycles. The normalized spacial score (nSPS) is 18.9. The van der Waals surface area contributed by atoms with Crippen molar-refractivity contribution in [1.29, 1.82) is 0 Å². The van der Waals surface area contributed by atoms with Gasteiger partial charge in [0.25, 0.3) is 5.95 Å². The lowest BCUT2D eigenvalue weighted by molar-refractivity contribution is 0.399. The summed E-state index contributed by atoms with van der Waals surface area (Å²) in [5, 5.41) is 10.4.